The van der Waals surface area contributed by atoms with Crippen LogP contribution in [0.2, 0.25) is 0 Å². The van der Waals surface area contributed by atoms with Crippen LogP contribution in [0.4, 0.5) is 0 Å². The summed E-state index contributed by atoms with van der Waals surface area (Å²) in [6.07, 6.45) is 6.91. The topological polar surface area (TPSA) is 71.3 Å². The van der Waals surface area contributed by atoms with E-state index >= 15 is 0 Å². The number of rotatable bonds is 9. The highest BCUT2D eigenvalue weighted by atomic mass is 32.2. The highest BCUT2D eigenvalue weighted by Gasteiger charge is 2.10. The molecule has 6 heteroatoms. The molecule has 1 rings (SSSR count). The Balaban J connectivity index is 2.24. The minimum Gasteiger partial charge on any atom is -0.477 e. The number of nitrogens with zero attached hydrogens (tertiary/aromatic N) is 1. The van der Waals surface area contributed by atoms with E-state index in [1.807, 2.05) is 11.8 Å². The largest absolute Gasteiger partial charge is 0.477 e. The molecule has 0 aliphatic carbocycles. The van der Waals surface area contributed by atoms with E-state index in [2.05, 4.69) is 11.6 Å². The van der Waals surface area contributed by atoms with Gasteiger partial charge < -0.3 is 15.0 Å². The molecule has 1 heterocycles. The van der Waals surface area contributed by atoms with Crippen LogP contribution in [0.5, 0.6) is 0 Å². The second-order valence-electron chi connectivity index (χ2n) is 4.23. The molecule has 0 spiro atoms. The van der Waals surface area contributed by atoms with Crippen molar-refractivity contribution in [3.8, 4) is 0 Å². The molecule has 0 radical (unpaired) electrons. The number of amides is 1. The first-order chi connectivity index (χ1) is 9.15. The Morgan fingerprint density at radius 1 is 1.37 bits per heavy atom. The van der Waals surface area contributed by atoms with Crippen molar-refractivity contribution < 1.29 is 14.7 Å². The first-order valence-corrected chi connectivity index (χ1v) is 7.68. The fraction of sp³-hybridized carbons (Fsp3) is 0.538. The molecular weight excluding hydrogens is 264 g/mol. The summed E-state index contributed by atoms with van der Waals surface area (Å²) in [5.41, 5.74) is 0.134. The maximum atomic E-state index is 11.6. The molecule has 0 aromatic carbocycles. The zero-order chi connectivity index (χ0) is 14.1. The molecule has 2 N–H and O–H groups in total. The van der Waals surface area contributed by atoms with Crippen LogP contribution in [0.15, 0.2) is 18.3 Å². The van der Waals surface area contributed by atoms with E-state index in [1.165, 1.54) is 10.6 Å². The van der Waals surface area contributed by atoms with E-state index < -0.39 is 5.97 Å². The average Bonchev–Trinajstić information content (AvgIpc) is 2.81. The Morgan fingerprint density at radius 3 is 2.84 bits per heavy atom. The van der Waals surface area contributed by atoms with Crippen LogP contribution in [-0.4, -0.2) is 40.1 Å². The van der Waals surface area contributed by atoms with Crippen molar-refractivity contribution in [2.75, 3.05) is 18.6 Å². The molecule has 1 aromatic rings. The Bertz CT molecular complexity index is 418. The fourth-order valence-corrected chi connectivity index (χ4v) is 2.23. The van der Waals surface area contributed by atoms with Crippen molar-refractivity contribution >= 4 is 23.6 Å². The van der Waals surface area contributed by atoms with Crippen LogP contribution in [0.25, 0.3) is 0 Å². The van der Waals surface area contributed by atoms with Gasteiger partial charge in [0.25, 0.3) is 0 Å². The van der Waals surface area contributed by atoms with Crippen LogP contribution >= 0.6 is 11.8 Å². The van der Waals surface area contributed by atoms with Crippen molar-refractivity contribution in [1.29, 1.82) is 0 Å². The van der Waals surface area contributed by atoms with Crippen LogP contribution in [0, 0.1) is 0 Å². The number of unbranched alkanes of at least 4 members (excludes halogenated alkanes) is 2. The second kappa shape index (κ2) is 8.63. The number of hydrogen-bond donors (Lipinski definition) is 2. The van der Waals surface area contributed by atoms with Crippen molar-refractivity contribution in [1.82, 2.24) is 9.88 Å². The molecule has 0 bridgehead atoms. The van der Waals surface area contributed by atoms with Crippen molar-refractivity contribution in [3.63, 3.8) is 0 Å². The number of carboxylic acid groups (broad SMARTS) is 1. The van der Waals surface area contributed by atoms with E-state index in [4.69, 9.17) is 5.11 Å². The van der Waals surface area contributed by atoms with Gasteiger partial charge in [-0.25, -0.2) is 4.79 Å². The van der Waals surface area contributed by atoms with Crippen molar-refractivity contribution in [3.05, 3.63) is 24.0 Å². The van der Waals surface area contributed by atoms with Gasteiger partial charge in [-0.15, -0.1) is 0 Å². The summed E-state index contributed by atoms with van der Waals surface area (Å²) >= 11 is 1.83. The Morgan fingerprint density at radius 2 is 2.16 bits per heavy atom. The first kappa shape index (κ1) is 15.6. The smallest absolute Gasteiger partial charge is 0.352 e. The summed E-state index contributed by atoms with van der Waals surface area (Å²) in [4.78, 5) is 22.5. The number of carboxylic acids is 1. The van der Waals surface area contributed by atoms with Gasteiger partial charge in [-0.1, -0.05) is 6.42 Å². The Kier molecular flexibility index (Phi) is 7.10. The zero-order valence-corrected chi connectivity index (χ0v) is 11.9. The first-order valence-electron chi connectivity index (χ1n) is 6.29. The monoisotopic (exact) mass is 284 g/mol. The van der Waals surface area contributed by atoms with Crippen molar-refractivity contribution in [2.24, 2.45) is 0 Å². The molecule has 0 fully saturated rings. The number of carbonyl (C=O) groups is 2. The third-order valence-corrected chi connectivity index (χ3v) is 3.41. The predicted octanol–water partition coefficient (Wildman–Crippen LogP) is 1.84. The normalized spacial score (nSPS) is 10.4. The van der Waals surface area contributed by atoms with E-state index in [9.17, 15) is 9.59 Å². The molecule has 5 nitrogen and oxygen atoms in total. The Hall–Kier alpha value is -1.43. The van der Waals surface area contributed by atoms with Gasteiger partial charge in [-0.2, -0.15) is 11.8 Å². The standard InChI is InChI=1S/C13H20N2O3S/c1-19-9-4-2-3-7-14-12(16)10-15-8-5-6-11(15)13(17)18/h5-6,8H,2-4,7,9-10H2,1H3,(H,14,16)(H,17,18). The second-order valence-corrected chi connectivity index (χ2v) is 5.22. The van der Waals surface area contributed by atoms with Crippen LogP contribution in [0.1, 0.15) is 29.8 Å². The maximum absolute atomic E-state index is 11.6. The molecule has 0 aliphatic heterocycles. The summed E-state index contributed by atoms with van der Waals surface area (Å²) in [6.45, 7) is 0.705. The molecule has 0 saturated heterocycles. The zero-order valence-electron chi connectivity index (χ0n) is 11.1. The van der Waals surface area contributed by atoms with Gasteiger partial charge in [0.05, 0.1) is 0 Å². The predicted molar refractivity (Wildman–Crippen MR) is 76.6 cm³/mol. The average molecular weight is 284 g/mol. The highest BCUT2D eigenvalue weighted by Crippen LogP contribution is 2.03. The van der Waals surface area contributed by atoms with Gasteiger partial charge in [-0.05, 0) is 37.0 Å². The van der Waals surface area contributed by atoms with Crippen LogP contribution in [0.3, 0.4) is 0 Å². The summed E-state index contributed by atoms with van der Waals surface area (Å²) in [5, 5.41) is 11.7. The van der Waals surface area contributed by atoms with E-state index in [0.29, 0.717) is 6.54 Å². The van der Waals surface area contributed by atoms with Gasteiger partial charge in [-0.3, -0.25) is 4.79 Å². The molecular formula is C13H20N2O3S. The highest BCUT2D eigenvalue weighted by molar-refractivity contribution is 7.98. The quantitative estimate of drug-likeness (QED) is 0.679. The minimum absolute atomic E-state index is 0.0550. The van der Waals surface area contributed by atoms with Crippen molar-refractivity contribution in [2.45, 2.75) is 25.8 Å². The van der Waals surface area contributed by atoms with E-state index in [0.717, 1.165) is 25.0 Å². The molecule has 0 unspecified atom stereocenters. The summed E-state index contributed by atoms with van der Waals surface area (Å²) in [5.74, 6) is -0.0160. The number of thioether (sulfide) groups is 1. The molecule has 1 amide bonds. The lowest BCUT2D eigenvalue weighted by Crippen LogP contribution is -2.29. The SMILES string of the molecule is CSCCCCCNC(=O)Cn1cccc1C(=O)O. The number of hydrogen-bond acceptors (Lipinski definition) is 3. The van der Waals surface area contributed by atoms with Crippen LogP contribution in [-0.2, 0) is 11.3 Å². The molecule has 0 saturated carbocycles. The molecule has 1 aromatic heterocycles. The third-order valence-electron chi connectivity index (χ3n) is 2.71. The van der Waals surface area contributed by atoms with Gasteiger partial charge in [0.1, 0.15) is 12.2 Å². The lowest BCUT2D eigenvalue weighted by Gasteiger charge is -2.07. The molecule has 0 aliphatic rings. The lowest BCUT2D eigenvalue weighted by molar-refractivity contribution is -0.121. The lowest BCUT2D eigenvalue weighted by atomic mass is 10.2. The number of aromatic nitrogens is 1. The number of aromatic carboxylic acids is 1. The fourth-order valence-electron chi connectivity index (χ4n) is 1.73. The third kappa shape index (κ3) is 5.83. The summed E-state index contributed by atoms with van der Waals surface area (Å²) < 4.78 is 1.44. The van der Waals surface area contributed by atoms with E-state index in [1.54, 1.807) is 12.3 Å². The van der Waals surface area contributed by atoms with Crippen LogP contribution < -0.4 is 5.32 Å². The number of carbonyl (C=O) groups excluding carboxylic acids is 1. The Labute approximate surface area is 117 Å². The van der Waals surface area contributed by atoms with Gasteiger partial charge >= 0.3 is 5.97 Å². The van der Waals surface area contributed by atoms with Gasteiger partial charge in [0.15, 0.2) is 0 Å². The number of nitrogens with one attached hydrogen (secondary N) is 1. The van der Waals surface area contributed by atoms with Gasteiger partial charge in [0.2, 0.25) is 5.91 Å². The molecule has 106 valence electrons. The summed E-state index contributed by atoms with van der Waals surface area (Å²) in [7, 11) is 0. The van der Waals surface area contributed by atoms with Gasteiger partial charge in [0, 0.05) is 12.7 Å². The minimum atomic E-state index is -1.02. The maximum Gasteiger partial charge on any atom is 0.352 e. The molecule has 19 heavy (non-hydrogen) atoms. The molecule has 0 atom stereocenters. The van der Waals surface area contributed by atoms with E-state index in [-0.39, 0.29) is 18.1 Å². The summed E-state index contributed by atoms with van der Waals surface area (Å²) in [6, 6.07) is 3.11.